The van der Waals surface area contributed by atoms with Crippen LogP contribution in [0.3, 0.4) is 0 Å². The molecule has 0 unspecified atom stereocenters. The molecule has 0 saturated heterocycles. The summed E-state index contributed by atoms with van der Waals surface area (Å²) in [6.07, 6.45) is 1.74. The third-order valence-electron chi connectivity index (χ3n) is 3.23. The smallest absolute Gasteiger partial charge is 0.230 e. The molecule has 0 aliphatic heterocycles. The molecule has 0 radical (unpaired) electrons. The minimum absolute atomic E-state index is 0.155. The van der Waals surface area contributed by atoms with Gasteiger partial charge in [-0.25, -0.2) is 9.97 Å². The van der Waals surface area contributed by atoms with Crippen LogP contribution in [-0.4, -0.2) is 23.0 Å². The number of hydrogen-bond donors (Lipinski definition) is 1. The number of rotatable bonds is 5. The minimum Gasteiger partial charge on any atom is -0.481 e. The summed E-state index contributed by atoms with van der Waals surface area (Å²) in [5.41, 5.74) is 2.19. The van der Waals surface area contributed by atoms with Gasteiger partial charge in [-0.15, -0.1) is 11.3 Å². The van der Waals surface area contributed by atoms with E-state index in [2.05, 4.69) is 15.3 Å². The monoisotopic (exact) mass is 359 g/mol. The van der Waals surface area contributed by atoms with Gasteiger partial charge in [-0.05, 0) is 12.1 Å². The first-order valence-corrected chi connectivity index (χ1v) is 8.40. The number of pyridine rings is 1. The van der Waals surface area contributed by atoms with Crippen LogP contribution in [0, 0.1) is 0 Å². The summed E-state index contributed by atoms with van der Waals surface area (Å²) in [7, 11) is 1.54. The Hall–Kier alpha value is -2.44. The molecule has 0 saturated carbocycles. The van der Waals surface area contributed by atoms with Crippen molar-refractivity contribution >= 4 is 34.5 Å². The maximum atomic E-state index is 12.1. The lowest BCUT2D eigenvalue weighted by Crippen LogP contribution is -2.14. The Bertz CT molecular complexity index is 849. The van der Waals surface area contributed by atoms with Gasteiger partial charge in [-0.3, -0.25) is 4.79 Å². The normalized spacial score (nSPS) is 10.4. The lowest BCUT2D eigenvalue weighted by molar-refractivity contribution is -0.115. The Labute approximate surface area is 148 Å². The van der Waals surface area contributed by atoms with E-state index in [-0.39, 0.29) is 12.3 Å². The summed E-state index contributed by atoms with van der Waals surface area (Å²) in [6, 6.07) is 10.9. The number of ether oxygens (including phenoxy) is 1. The second-order valence-electron chi connectivity index (χ2n) is 4.94. The number of anilines is 1. The molecule has 24 heavy (non-hydrogen) atoms. The van der Waals surface area contributed by atoms with Crippen molar-refractivity contribution < 1.29 is 9.53 Å². The molecule has 3 rings (SSSR count). The highest BCUT2D eigenvalue weighted by molar-refractivity contribution is 7.13. The van der Waals surface area contributed by atoms with Gasteiger partial charge in [0.1, 0.15) is 5.01 Å². The predicted molar refractivity (Wildman–Crippen MR) is 95.7 cm³/mol. The lowest BCUT2D eigenvalue weighted by Gasteiger charge is -2.04. The number of methoxy groups -OCH3 is 1. The van der Waals surface area contributed by atoms with Gasteiger partial charge in [0.05, 0.1) is 36.1 Å². The van der Waals surface area contributed by atoms with Crippen LogP contribution in [0.5, 0.6) is 5.88 Å². The van der Waals surface area contributed by atoms with Crippen LogP contribution in [0.2, 0.25) is 5.02 Å². The first kappa shape index (κ1) is 16.4. The molecule has 0 aliphatic carbocycles. The molecule has 5 nitrogen and oxygen atoms in total. The largest absolute Gasteiger partial charge is 0.481 e. The molecular weight excluding hydrogens is 346 g/mol. The van der Waals surface area contributed by atoms with Gasteiger partial charge in [-0.2, -0.15) is 0 Å². The summed E-state index contributed by atoms with van der Waals surface area (Å²) in [4.78, 5) is 20.7. The number of carbonyl (C=O) groups is 1. The van der Waals surface area contributed by atoms with Crippen molar-refractivity contribution in [2.45, 2.75) is 6.42 Å². The molecule has 0 fully saturated rings. The van der Waals surface area contributed by atoms with Gasteiger partial charge in [0.15, 0.2) is 0 Å². The lowest BCUT2D eigenvalue weighted by atomic mass is 10.2. The number of nitrogens with one attached hydrogen (secondary N) is 1. The number of thiazole rings is 1. The molecule has 7 heteroatoms. The quantitative estimate of drug-likeness (QED) is 0.746. The van der Waals surface area contributed by atoms with E-state index >= 15 is 0 Å². The molecule has 0 bridgehead atoms. The van der Waals surface area contributed by atoms with Crippen LogP contribution in [0.1, 0.15) is 5.69 Å². The van der Waals surface area contributed by atoms with E-state index in [1.54, 1.807) is 25.4 Å². The van der Waals surface area contributed by atoms with E-state index in [0.29, 0.717) is 22.3 Å². The fourth-order valence-corrected chi connectivity index (χ4v) is 3.23. The maximum Gasteiger partial charge on any atom is 0.230 e. The van der Waals surface area contributed by atoms with Crippen LogP contribution in [0.15, 0.2) is 48.0 Å². The Balaban J connectivity index is 1.66. The second kappa shape index (κ2) is 7.42. The highest BCUT2D eigenvalue weighted by atomic mass is 35.5. The van der Waals surface area contributed by atoms with E-state index in [0.717, 1.165) is 10.6 Å². The number of carbonyl (C=O) groups excluding carboxylic acids is 1. The van der Waals surface area contributed by atoms with Gasteiger partial charge in [0.25, 0.3) is 0 Å². The number of halogens is 1. The van der Waals surface area contributed by atoms with E-state index in [1.807, 2.05) is 29.6 Å². The van der Waals surface area contributed by atoms with Crippen LogP contribution in [-0.2, 0) is 11.2 Å². The summed E-state index contributed by atoms with van der Waals surface area (Å²) in [5, 5.41) is 6.10. The summed E-state index contributed by atoms with van der Waals surface area (Å²) in [6.45, 7) is 0. The summed E-state index contributed by atoms with van der Waals surface area (Å²) in [5.74, 6) is 0.342. The highest BCUT2D eigenvalue weighted by Crippen LogP contribution is 2.30. The SMILES string of the molecule is COc1ccc(NC(=O)Cc2csc(-c3ccccc3Cl)n2)cn1. The van der Waals surface area contributed by atoms with E-state index in [9.17, 15) is 4.79 Å². The van der Waals surface area contributed by atoms with Gasteiger partial charge >= 0.3 is 0 Å². The zero-order valence-electron chi connectivity index (χ0n) is 12.8. The number of aromatic nitrogens is 2. The first-order chi connectivity index (χ1) is 11.7. The molecule has 2 heterocycles. The number of nitrogens with zero attached hydrogens (tertiary/aromatic N) is 2. The standard InChI is InChI=1S/C17H14ClN3O2S/c1-23-16-7-6-11(9-19-16)20-15(22)8-12-10-24-17(21-12)13-4-2-3-5-14(13)18/h2-7,9-10H,8H2,1H3,(H,20,22). The third kappa shape index (κ3) is 3.90. The fourth-order valence-electron chi connectivity index (χ4n) is 2.09. The molecular formula is C17H14ClN3O2S. The van der Waals surface area contributed by atoms with Crippen molar-refractivity contribution in [2.24, 2.45) is 0 Å². The zero-order valence-corrected chi connectivity index (χ0v) is 14.4. The van der Waals surface area contributed by atoms with Gasteiger partial charge < -0.3 is 10.1 Å². The molecule has 1 aromatic carbocycles. The first-order valence-electron chi connectivity index (χ1n) is 7.15. The van der Waals surface area contributed by atoms with Crippen LogP contribution >= 0.6 is 22.9 Å². The van der Waals surface area contributed by atoms with Crippen molar-refractivity contribution in [1.29, 1.82) is 0 Å². The average molecular weight is 360 g/mol. The number of hydrogen-bond acceptors (Lipinski definition) is 5. The number of amides is 1. The fraction of sp³-hybridized carbons (Fsp3) is 0.118. The number of benzene rings is 1. The van der Waals surface area contributed by atoms with E-state index in [1.165, 1.54) is 11.3 Å². The Morgan fingerprint density at radius 2 is 2.12 bits per heavy atom. The van der Waals surface area contributed by atoms with Crippen molar-refractivity contribution in [2.75, 3.05) is 12.4 Å². The summed E-state index contributed by atoms with van der Waals surface area (Å²) < 4.78 is 4.98. The van der Waals surface area contributed by atoms with Crippen LogP contribution in [0.4, 0.5) is 5.69 Å². The van der Waals surface area contributed by atoms with Crippen molar-refractivity contribution in [3.63, 3.8) is 0 Å². The Morgan fingerprint density at radius 1 is 1.29 bits per heavy atom. The summed E-state index contributed by atoms with van der Waals surface area (Å²) >= 11 is 7.64. The molecule has 3 aromatic rings. The topological polar surface area (TPSA) is 64.1 Å². The molecule has 0 atom stereocenters. The molecule has 1 N–H and O–H groups in total. The third-order valence-corrected chi connectivity index (χ3v) is 4.48. The Morgan fingerprint density at radius 3 is 2.83 bits per heavy atom. The van der Waals surface area contributed by atoms with Crippen molar-refractivity contribution in [3.8, 4) is 16.5 Å². The van der Waals surface area contributed by atoms with Gasteiger partial charge in [-0.1, -0.05) is 29.8 Å². The van der Waals surface area contributed by atoms with Gasteiger partial charge in [0.2, 0.25) is 11.8 Å². The van der Waals surface area contributed by atoms with Crippen LogP contribution in [0.25, 0.3) is 10.6 Å². The molecule has 0 aliphatic rings. The van der Waals surface area contributed by atoms with E-state index < -0.39 is 0 Å². The van der Waals surface area contributed by atoms with Gasteiger partial charge in [0, 0.05) is 17.0 Å². The molecule has 122 valence electrons. The zero-order chi connectivity index (χ0) is 16.9. The van der Waals surface area contributed by atoms with Crippen molar-refractivity contribution in [3.05, 3.63) is 58.7 Å². The minimum atomic E-state index is -0.155. The molecule has 2 aromatic heterocycles. The highest BCUT2D eigenvalue weighted by Gasteiger charge is 2.11. The van der Waals surface area contributed by atoms with E-state index in [4.69, 9.17) is 16.3 Å². The maximum absolute atomic E-state index is 12.1. The van der Waals surface area contributed by atoms with Crippen molar-refractivity contribution in [1.82, 2.24) is 9.97 Å². The molecule has 1 amide bonds. The second-order valence-corrected chi connectivity index (χ2v) is 6.20. The Kier molecular flexibility index (Phi) is 5.08. The van der Waals surface area contributed by atoms with Crippen LogP contribution < -0.4 is 10.1 Å². The predicted octanol–water partition coefficient (Wildman–Crippen LogP) is 4.05. The average Bonchev–Trinajstić information content (AvgIpc) is 3.04. The molecule has 0 spiro atoms.